The number of aliphatic carboxylic acids is 1. The first-order valence-corrected chi connectivity index (χ1v) is 7.57. The third-order valence-electron chi connectivity index (χ3n) is 4.13. The van der Waals surface area contributed by atoms with Gasteiger partial charge in [-0.3, -0.25) is 9.69 Å². The van der Waals surface area contributed by atoms with Gasteiger partial charge >= 0.3 is 5.97 Å². The molecule has 1 heterocycles. The average Bonchev–Trinajstić information content (AvgIpc) is 2.41. The van der Waals surface area contributed by atoms with Crippen molar-refractivity contribution in [3.63, 3.8) is 0 Å². The Bertz CT molecular complexity index is 563. The molecule has 0 radical (unpaired) electrons. The highest BCUT2D eigenvalue weighted by atomic mass is 16.5. The van der Waals surface area contributed by atoms with Gasteiger partial charge in [-0.2, -0.15) is 0 Å². The van der Waals surface area contributed by atoms with Gasteiger partial charge in [-0.15, -0.1) is 0 Å². The van der Waals surface area contributed by atoms with Gasteiger partial charge in [-0.05, 0) is 29.5 Å². The van der Waals surface area contributed by atoms with E-state index < -0.39 is 12.0 Å². The number of rotatable bonds is 3. The molecule has 0 aliphatic carbocycles. The maximum atomic E-state index is 11.3. The number of nitrogens with zero attached hydrogens (tertiary/aromatic N) is 1. The summed E-state index contributed by atoms with van der Waals surface area (Å²) in [6, 6.07) is 3.11. The van der Waals surface area contributed by atoms with E-state index in [1.54, 1.807) is 6.07 Å². The van der Waals surface area contributed by atoms with Crippen LogP contribution in [-0.4, -0.2) is 46.9 Å². The van der Waals surface area contributed by atoms with E-state index >= 15 is 0 Å². The number of hydrogen-bond acceptors (Lipinski definition) is 4. The molecule has 1 aromatic rings. The Labute approximate surface area is 131 Å². The molecular formula is C17H25NO4. The number of carbonyl (C=O) groups is 1. The highest BCUT2D eigenvalue weighted by molar-refractivity contribution is 5.73. The fourth-order valence-electron chi connectivity index (χ4n) is 2.96. The number of carboxylic acids is 1. The molecule has 5 heteroatoms. The lowest BCUT2D eigenvalue weighted by atomic mass is 9.83. The zero-order chi connectivity index (χ0) is 16.5. The molecule has 122 valence electrons. The third-order valence-corrected chi connectivity index (χ3v) is 4.13. The molecule has 5 nitrogen and oxygen atoms in total. The summed E-state index contributed by atoms with van der Waals surface area (Å²) in [6.45, 7) is 10.0. The van der Waals surface area contributed by atoms with Crippen molar-refractivity contribution in [1.82, 2.24) is 4.90 Å². The smallest absolute Gasteiger partial charge is 0.323 e. The average molecular weight is 307 g/mol. The molecule has 0 spiro atoms. The number of hydrogen-bond donors (Lipinski definition) is 2. The molecule has 0 bridgehead atoms. The molecule has 0 aromatic heterocycles. The highest BCUT2D eigenvalue weighted by Gasteiger charge is 2.30. The van der Waals surface area contributed by atoms with Gasteiger partial charge < -0.3 is 14.9 Å². The standard InChI is InChI=1S/C17H25NO4/c1-11-7-12(15(19)8-13(11)17(2,3)4)9-18-5-6-22-10-14(18)16(20)21/h7-8,14,19H,5-6,9-10H2,1-4H3,(H,20,21)/t14-/m0/s1. The summed E-state index contributed by atoms with van der Waals surface area (Å²) < 4.78 is 5.24. The van der Waals surface area contributed by atoms with E-state index in [0.717, 1.165) is 16.7 Å². The monoisotopic (exact) mass is 307 g/mol. The fourth-order valence-corrected chi connectivity index (χ4v) is 2.96. The number of aromatic hydroxyl groups is 1. The summed E-state index contributed by atoms with van der Waals surface area (Å²) in [5.41, 5.74) is 2.94. The van der Waals surface area contributed by atoms with E-state index in [9.17, 15) is 15.0 Å². The minimum absolute atomic E-state index is 0.0390. The fraction of sp³-hybridized carbons (Fsp3) is 0.588. The van der Waals surface area contributed by atoms with Gasteiger partial charge in [0.25, 0.3) is 0 Å². The number of benzene rings is 1. The van der Waals surface area contributed by atoms with Gasteiger partial charge in [-0.1, -0.05) is 26.8 Å². The first-order chi connectivity index (χ1) is 10.2. The second-order valence-corrected chi connectivity index (χ2v) is 6.95. The summed E-state index contributed by atoms with van der Waals surface area (Å²) in [5, 5.41) is 19.6. The van der Waals surface area contributed by atoms with Crippen molar-refractivity contribution in [3.8, 4) is 5.75 Å². The third kappa shape index (κ3) is 3.59. The van der Waals surface area contributed by atoms with Crippen molar-refractivity contribution in [2.24, 2.45) is 0 Å². The lowest BCUT2D eigenvalue weighted by Crippen LogP contribution is -2.49. The molecule has 22 heavy (non-hydrogen) atoms. The summed E-state index contributed by atoms with van der Waals surface area (Å²) in [5.74, 6) is -0.659. The van der Waals surface area contributed by atoms with Gasteiger partial charge in [0.2, 0.25) is 0 Å². The van der Waals surface area contributed by atoms with Crippen LogP contribution in [0, 0.1) is 6.92 Å². The number of carboxylic acid groups (broad SMARTS) is 1. The first-order valence-electron chi connectivity index (χ1n) is 7.57. The molecule has 0 amide bonds. The molecule has 1 aliphatic rings. The Kier molecular flexibility index (Phi) is 4.78. The topological polar surface area (TPSA) is 70.0 Å². The van der Waals surface area contributed by atoms with Crippen LogP contribution >= 0.6 is 0 Å². The Morgan fingerprint density at radius 2 is 2.09 bits per heavy atom. The van der Waals surface area contributed by atoms with Crippen LogP contribution in [-0.2, 0) is 21.5 Å². The normalized spacial score (nSPS) is 20.1. The van der Waals surface area contributed by atoms with Crippen molar-refractivity contribution in [2.45, 2.75) is 45.7 Å². The van der Waals surface area contributed by atoms with Gasteiger partial charge in [0.1, 0.15) is 11.8 Å². The number of ether oxygens (including phenoxy) is 1. The molecule has 2 rings (SSSR count). The molecular weight excluding hydrogens is 282 g/mol. The zero-order valence-corrected chi connectivity index (χ0v) is 13.7. The van der Waals surface area contributed by atoms with Gasteiger partial charge in [0.15, 0.2) is 0 Å². The van der Waals surface area contributed by atoms with E-state index in [-0.39, 0.29) is 17.8 Å². The van der Waals surface area contributed by atoms with Crippen molar-refractivity contribution in [2.75, 3.05) is 19.8 Å². The van der Waals surface area contributed by atoms with Crippen molar-refractivity contribution in [1.29, 1.82) is 0 Å². The van der Waals surface area contributed by atoms with Crippen molar-refractivity contribution < 1.29 is 19.7 Å². The van der Waals surface area contributed by atoms with Crippen LogP contribution in [0.25, 0.3) is 0 Å². The second kappa shape index (κ2) is 6.26. The van der Waals surface area contributed by atoms with Crippen molar-refractivity contribution in [3.05, 3.63) is 28.8 Å². The molecule has 1 aliphatic heterocycles. The van der Waals surface area contributed by atoms with E-state index in [2.05, 4.69) is 20.8 Å². The number of phenolic OH excluding ortho intramolecular Hbond substituents is 1. The lowest BCUT2D eigenvalue weighted by molar-refractivity contribution is -0.150. The first kappa shape index (κ1) is 16.8. The maximum Gasteiger partial charge on any atom is 0.323 e. The highest BCUT2D eigenvalue weighted by Crippen LogP contribution is 2.32. The molecule has 1 fully saturated rings. The van der Waals surface area contributed by atoms with E-state index in [1.165, 1.54) is 0 Å². The van der Waals surface area contributed by atoms with Crippen LogP contribution < -0.4 is 0 Å². The van der Waals surface area contributed by atoms with E-state index in [0.29, 0.717) is 19.7 Å². The minimum Gasteiger partial charge on any atom is -0.508 e. The second-order valence-electron chi connectivity index (χ2n) is 6.95. The van der Waals surface area contributed by atoms with Gasteiger partial charge in [-0.25, -0.2) is 0 Å². The van der Waals surface area contributed by atoms with Crippen LogP contribution in [0.5, 0.6) is 5.75 Å². The predicted octanol–water partition coefficient (Wildman–Crippen LogP) is 2.28. The van der Waals surface area contributed by atoms with E-state index in [4.69, 9.17) is 4.74 Å². The predicted molar refractivity (Wildman–Crippen MR) is 84.2 cm³/mol. The summed E-state index contributed by atoms with van der Waals surface area (Å²) >= 11 is 0. The molecule has 1 aromatic carbocycles. The molecule has 0 unspecified atom stereocenters. The Morgan fingerprint density at radius 1 is 1.41 bits per heavy atom. The van der Waals surface area contributed by atoms with Crippen LogP contribution in [0.1, 0.15) is 37.5 Å². The molecule has 1 atom stereocenters. The number of morpholine rings is 1. The van der Waals surface area contributed by atoms with Crippen LogP contribution in [0.2, 0.25) is 0 Å². The summed E-state index contributed by atoms with van der Waals surface area (Å²) in [4.78, 5) is 13.2. The zero-order valence-electron chi connectivity index (χ0n) is 13.7. The van der Waals surface area contributed by atoms with Crippen molar-refractivity contribution >= 4 is 5.97 Å². The molecule has 1 saturated heterocycles. The van der Waals surface area contributed by atoms with Gasteiger partial charge in [0.05, 0.1) is 13.2 Å². The van der Waals surface area contributed by atoms with Crippen LogP contribution in [0.15, 0.2) is 12.1 Å². The molecule has 0 saturated carbocycles. The number of aryl methyl sites for hydroxylation is 1. The van der Waals surface area contributed by atoms with Gasteiger partial charge in [0, 0.05) is 18.7 Å². The summed E-state index contributed by atoms with van der Waals surface area (Å²) in [6.07, 6.45) is 0. The van der Waals surface area contributed by atoms with E-state index in [1.807, 2.05) is 17.9 Å². The van der Waals surface area contributed by atoms with Crippen LogP contribution in [0.3, 0.4) is 0 Å². The SMILES string of the molecule is Cc1cc(CN2CCOC[C@H]2C(=O)O)c(O)cc1C(C)(C)C. The number of phenols is 1. The summed E-state index contributed by atoms with van der Waals surface area (Å²) in [7, 11) is 0. The quantitative estimate of drug-likeness (QED) is 0.896. The van der Waals surface area contributed by atoms with Crippen LogP contribution in [0.4, 0.5) is 0 Å². The maximum absolute atomic E-state index is 11.3. The lowest BCUT2D eigenvalue weighted by Gasteiger charge is -2.33. The Hall–Kier alpha value is -1.59. The Balaban J connectivity index is 2.26. The molecule has 2 N–H and O–H groups in total. The Morgan fingerprint density at radius 3 is 2.68 bits per heavy atom. The minimum atomic E-state index is -0.887. The largest absolute Gasteiger partial charge is 0.508 e.